The predicted molar refractivity (Wildman–Crippen MR) is 46.8 cm³/mol. The molecular formula is C3H3Br2Cl3. The molecule has 5 heteroatoms. The van der Waals surface area contributed by atoms with Gasteiger partial charge in [-0.15, -0.1) is 11.6 Å². The Hall–Kier alpha value is 1.83. The molecule has 50 valence electrons. The predicted octanol–water partition coefficient (Wildman–Crippen LogP) is 3.52. The van der Waals surface area contributed by atoms with Crippen LogP contribution in [0.4, 0.5) is 0 Å². The highest BCUT2D eigenvalue weighted by Crippen LogP contribution is 2.36. The molecule has 0 aliphatic heterocycles. The Kier molecular flexibility index (Phi) is 4.75. The standard InChI is InChI=1S/C3H3Br2Cl3/c4-1-2(6)3(5,7)8/h2H,1H2. The molecule has 0 N–H and O–H groups in total. The lowest BCUT2D eigenvalue weighted by Gasteiger charge is -2.14. The van der Waals surface area contributed by atoms with Gasteiger partial charge in [0.25, 0.3) is 0 Å². The van der Waals surface area contributed by atoms with E-state index in [0.29, 0.717) is 5.33 Å². The summed E-state index contributed by atoms with van der Waals surface area (Å²) in [5.41, 5.74) is 0. The van der Waals surface area contributed by atoms with E-state index in [4.69, 9.17) is 34.8 Å². The molecule has 0 aromatic carbocycles. The fourth-order valence-electron chi connectivity index (χ4n) is 0.0875. The number of hydrogen-bond acceptors (Lipinski definition) is 0. The summed E-state index contributed by atoms with van der Waals surface area (Å²) in [4.78, 5) is 0. The molecule has 0 spiro atoms. The Balaban J connectivity index is 3.62. The minimum Gasteiger partial charge on any atom is -0.118 e. The summed E-state index contributed by atoms with van der Waals surface area (Å²) in [5.74, 6) is 0. The van der Waals surface area contributed by atoms with Crippen LogP contribution >= 0.6 is 66.7 Å². The topological polar surface area (TPSA) is 0 Å². The molecule has 0 radical (unpaired) electrons. The van der Waals surface area contributed by atoms with Crippen LogP contribution in [0.3, 0.4) is 0 Å². The van der Waals surface area contributed by atoms with Crippen molar-refractivity contribution in [3.05, 3.63) is 0 Å². The third kappa shape index (κ3) is 3.78. The van der Waals surface area contributed by atoms with Crippen LogP contribution in [0.25, 0.3) is 0 Å². The lowest BCUT2D eigenvalue weighted by atomic mass is 10.5. The molecule has 0 heterocycles. The van der Waals surface area contributed by atoms with Gasteiger partial charge in [0.05, 0.1) is 5.38 Å². The first kappa shape index (κ1) is 9.83. The molecule has 1 unspecified atom stereocenters. The van der Waals surface area contributed by atoms with Gasteiger partial charge in [0.15, 0.2) is 3.24 Å². The summed E-state index contributed by atoms with van der Waals surface area (Å²) in [6.07, 6.45) is 0. The zero-order chi connectivity index (χ0) is 6.78. The molecule has 0 saturated heterocycles. The van der Waals surface area contributed by atoms with Gasteiger partial charge in [-0.25, -0.2) is 0 Å². The normalized spacial score (nSPS) is 16.1. The van der Waals surface area contributed by atoms with Gasteiger partial charge in [0, 0.05) is 5.33 Å². The lowest BCUT2D eigenvalue weighted by molar-refractivity contribution is 1.03. The first-order valence-corrected chi connectivity index (χ1v) is 4.86. The van der Waals surface area contributed by atoms with Crippen molar-refractivity contribution in [3.8, 4) is 0 Å². The number of hydrogen-bond donors (Lipinski definition) is 0. The van der Waals surface area contributed by atoms with E-state index in [2.05, 4.69) is 31.9 Å². The van der Waals surface area contributed by atoms with Crippen molar-refractivity contribution in [2.45, 2.75) is 8.62 Å². The van der Waals surface area contributed by atoms with E-state index in [1.807, 2.05) is 0 Å². The van der Waals surface area contributed by atoms with E-state index in [-0.39, 0.29) is 5.38 Å². The summed E-state index contributed by atoms with van der Waals surface area (Å²) in [5, 5.41) is 0.248. The van der Waals surface area contributed by atoms with Crippen molar-refractivity contribution in [3.63, 3.8) is 0 Å². The van der Waals surface area contributed by atoms with E-state index < -0.39 is 3.24 Å². The summed E-state index contributed by atoms with van der Waals surface area (Å²) in [6.45, 7) is 0. The Morgan fingerprint density at radius 1 is 1.50 bits per heavy atom. The van der Waals surface area contributed by atoms with Gasteiger partial charge >= 0.3 is 0 Å². The van der Waals surface area contributed by atoms with Crippen molar-refractivity contribution in [2.24, 2.45) is 0 Å². The van der Waals surface area contributed by atoms with Gasteiger partial charge in [-0.2, -0.15) is 0 Å². The minimum absolute atomic E-state index is 0.314. The molecule has 0 aliphatic rings. The highest BCUT2D eigenvalue weighted by Gasteiger charge is 2.28. The highest BCUT2D eigenvalue weighted by molar-refractivity contribution is 9.11. The number of alkyl halides is 5. The summed E-state index contributed by atoms with van der Waals surface area (Å²) >= 11 is 22.7. The van der Waals surface area contributed by atoms with Crippen molar-refractivity contribution in [1.82, 2.24) is 0 Å². The van der Waals surface area contributed by atoms with E-state index >= 15 is 0 Å². The van der Waals surface area contributed by atoms with Gasteiger partial charge in [0.2, 0.25) is 0 Å². The monoisotopic (exact) mass is 302 g/mol. The zero-order valence-electron chi connectivity index (χ0n) is 3.67. The van der Waals surface area contributed by atoms with Crippen molar-refractivity contribution in [1.29, 1.82) is 0 Å². The van der Waals surface area contributed by atoms with Crippen molar-refractivity contribution >= 4 is 66.7 Å². The van der Waals surface area contributed by atoms with Gasteiger partial charge in [-0.05, 0) is 15.9 Å². The Bertz CT molecular complexity index is 69.4. The zero-order valence-corrected chi connectivity index (χ0v) is 9.11. The Morgan fingerprint density at radius 2 is 1.88 bits per heavy atom. The molecule has 0 amide bonds. The molecule has 0 fully saturated rings. The van der Waals surface area contributed by atoms with Crippen LogP contribution in [0.1, 0.15) is 0 Å². The van der Waals surface area contributed by atoms with E-state index in [1.165, 1.54) is 0 Å². The number of rotatable bonds is 2. The molecule has 1 atom stereocenters. The first-order chi connectivity index (χ1) is 3.48. The maximum Gasteiger partial charge on any atom is 0.189 e. The van der Waals surface area contributed by atoms with Crippen molar-refractivity contribution in [2.75, 3.05) is 5.33 Å². The van der Waals surface area contributed by atoms with E-state index in [0.717, 1.165) is 0 Å². The van der Waals surface area contributed by atoms with Gasteiger partial charge < -0.3 is 0 Å². The molecule has 0 rings (SSSR count). The second-order valence-electron chi connectivity index (χ2n) is 1.16. The maximum atomic E-state index is 5.58. The fraction of sp³-hybridized carbons (Fsp3) is 1.00. The van der Waals surface area contributed by atoms with Crippen LogP contribution in [-0.4, -0.2) is 13.9 Å². The Labute approximate surface area is 80.1 Å². The van der Waals surface area contributed by atoms with Crippen LogP contribution in [0.2, 0.25) is 0 Å². The second-order valence-corrected chi connectivity index (χ2v) is 5.89. The third-order valence-electron chi connectivity index (χ3n) is 0.491. The lowest BCUT2D eigenvalue weighted by Crippen LogP contribution is -2.19. The molecule has 8 heavy (non-hydrogen) atoms. The van der Waals surface area contributed by atoms with Gasteiger partial charge in [0.1, 0.15) is 0 Å². The smallest absolute Gasteiger partial charge is 0.118 e. The SMILES string of the molecule is ClC(CBr)C(Cl)(Cl)Br. The number of halogens is 5. The van der Waals surface area contributed by atoms with Gasteiger partial charge in [-0.3, -0.25) is 0 Å². The average Bonchev–Trinajstić information content (AvgIpc) is 1.62. The molecule has 0 saturated carbocycles. The summed E-state index contributed by atoms with van der Waals surface area (Å²) in [6, 6.07) is 0. The fourth-order valence-corrected chi connectivity index (χ4v) is 1.70. The quantitative estimate of drug-likeness (QED) is 0.685. The molecular weight excluding hydrogens is 302 g/mol. The molecule has 0 aliphatic carbocycles. The maximum absolute atomic E-state index is 5.58. The molecule has 0 aromatic heterocycles. The van der Waals surface area contributed by atoms with Crippen LogP contribution in [0, 0.1) is 0 Å². The molecule has 0 nitrogen and oxygen atoms in total. The summed E-state index contributed by atoms with van der Waals surface area (Å²) in [7, 11) is 0. The van der Waals surface area contributed by atoms with Crippen LogP contribution < -0.4 is 0 Å². The van der Waals surface area contributed by atoms with Gasteiger partial charge in [-0.1, -0.05) is 39.1 Å². The average molecular weight is 305 g/mol. The second kappa shape index (κ2) is 3.87. The molecule has 0 aromatic rings. The van der Waals surface area contributed by atoms with Crippen LogP contribution in [0.15, 0.2) is 0 Å². The summed E-state index contributed by atoms with van der Waals surface area (Å²) < 4.78 is -1.02. The van der Waals surface area contributed by atoms with E-state index in [9.17, 15) is 0 Å². The van der Waals surface area contributed by atoms with Crippen molar-refractivity contribution < 1.29 is 0 Å². The Morgan fingerprint density at radius 3 is 1.88 bits per heavy atom. The highest BCUT2D eigenvalue weighted by atomic mass is 79.9. The first-order valence-electron chi connectivity index (χ1n) is 1.75. The molecule has 0 bridgehead atoms. The van der Waals surface area contributed by atoms with Crippen LogP contribution in [-0.2, 0) is 0 Å². The largest absolute Gasteiger partial charge is 0.189 e. The van der Waals surface area contributed by atoms with E-state index in [1.54, 1.807) is 0 Å². The van der Waals surface area contributed by atoms with Crippen LogP contribution in [0.5, 0.6) is 0 Å². The minimum atomic E-state index is -1.02. The third-order valence-corrected chi connectivity index (χ3v) is 3.56.